The molecule has 0 bridgehead atoms. The summed E-state index contributed by atoms with van der Waals surface area (Å²) in [7, 11) is 2.06. The molecule has 104 valence electrons. The summed E-state index contributed by atoms with van der Waals surface area (Å²) in [6.07, 6.45) is 5.45. The first-order valence-electron chi connectivity index (χ1n) is 7.27. The molecule has 0 amide bonds. The average molecular weight is 267 g/mol. The van der Waals surface area contributed by atoms with Crippen molar-refractivity contribution in [3.05, 3.63) is 53.7 Å². The van der Waals surface area contributed by atoms with Crippen LogP contribution in [-0.4, -0.2) is 18.6 Å². The molecule has 0 spiro atoms. The molecule has 0 saturated carbocycles. The highest BCUT2D eigenvalue weighted by Crippen LogP contribution is 2.34. The first-order valence-corrected chi connectivity index (χ1v) is 7.27. The maximum absolute atomic E-state index is 5.89. The number of hydrogen-bond acceptors (Lipinski definition) is 3. The quantitative estimate of drug-likeness (QED) is 0.928. The molecule has 1 aliphatic rings. The fraction of sp³-hybridized carbons (Fsp3) is 0.353. The Morgan fingerprint density at radius 3 is 2.95 bits per heavy atom. The number of aromatic nitrogens is 1. The number of nitrogens with two attached hydrogens (primary N) is 1. The Morgan fingerprint density at radius 1 is 1.30 bits per heavy atom. The second-order valence-electron chi connectivity index (χ2n) is 5.45. The van der Waals surface area contributed by atoms with Crippen molar-refractivity contribution in [2.75, 3.05) is 18.5 Å². The molecule has 2 N–H and O–H groups in total. The second-order valence-corrected chi connectivity index (χ2v) is 5.45. The summed E-state index contributed by atoms with van der Waals surface area (Å²) in [4.78, 5) is 6.54. The number of benzene rings is 1. The van der Waals surface area contributed by atoms with Gasteiger partial charge in [-0.2, -0.15) is 0 Å². The normalized spacial score (nSPS) is 17.6. The van der Waals surface area contributed by atoms with Crippen LogP contribution in [0.5, 0.6) is 0 Å². The number of rotatable bonds is 3. The van der Waals surface area contributed by atoms with Crippen molar-refractivity contribution >= 4 is 11.5 Å². The molecule has 20 heavy (non-hydrogen) atoms. The van der Waals surface area contributed by atoms with E-state index < -0.39 is 0 Å². The third-order valence-corrected chi connectivity index (χ3v) is 4.23. The summed E-state index contributed by atoms with van der Waals surface area (Å²) >= 11 is 0. The molecule has 1 aromatic heterocycles. The molecular formula is C17H21N3. The third kappa shape index (κ3) is 2.41. The van der Waals surface area contributed by atoms with Gasteiger partial charge in [-0.05, 0) is 67.1 Å². The molecular weight excluding hydrogens is 246 g/mol. The number of hydrogen-bond donors (Lipinski definition) is 1. The Balaban J connectivity index is 1.92. The van der Waals surface area contributed by atoms with Crippen LogP contribution in [0.2, 0.25) is 0 Å². The van der Waals surface area contributed by atoms with Crippen molar-refractivity contribution in [3.8, 4) is 0 Å². The summed E-state index contributed by atoms with van der Waals surface area (Å²) < 4.78 is 0. The molecule has 1 aromatic carbocycles. The molecule has 3 heteroatoms. The van der Waals surface area contributed by atoms with E-state index in [1.165, 1.54) is 29.7 Å². The largest absolute Gasteiger partial charge is 0.330 e. The average Bonchev–Trinajstić information content (AvgIpc) is 2.53. The van der Waals surface area contributed by atoms with E-state index in [2.05, 4.69) is 35.1 Å². The van der Waals surface area contributed by atoms with Crippen LogP contribution in [0.15, 0.2) is 42.6 Å². The van der Waals surface area contributed by atoms with Crippen molar-refractivity contribution in [2.45, 2.75) is 25.2 Å². The van der Waals surface area contributed by atoms with Crippen molar-refractivity contribution in [1.29, 1.82) is 0 Å². The number of pyridine rings is 1. The van der Waals surface area contributed by atoms with Gasteiger partial charge in [0.05, 0.1) is 0 Å². The number of fused-ring (bicyclic) bond motifs is 1. The Morgan fingerprint density at radius 2 is 2.20 bits per heavy atom. The number of aryl methyl sites for hydroxylation is 1. The van der Waals surface area contributed by atoms with Gasteiger partial charge < -0.3 is 10.6 Å². The fourth-order valence-corrected chi connectivity index (χ4v) is 3.04. The van der Waals surface area contributed by atoms with Gasteiger partial charge in [-0.3, -0.25) is 0 Å². The van der Waals surface area contributed by atoms with Gasteiger partial charge in [0.1, 0.15) is 5.82 Å². The van der Waals surface area contributed by atoms with E-state index in [0.717, 1.165) is 18.8 Å². The minimum Gasteiger partial charge on any atom is -0.330 e. The lowest BCUT2D eigenvalue weighted by Crippen LogP contribution is -2.19. The maximum atomic E-state index is 5.89. The van der Waals surface area contributed by atoms with Crippen molar-refractivity contribution in [2.24, 2.45) is 5.73 Å². The predicted molar refractivity (Wildman–Crippen MR) is 83.5 cm³/mol. The van der Waals surface area contributed by atoms with Crippen LogP contribution in [0, 0.1) is 0 Å². The Labute approximate surface area is 120 Å². The summed E-state index contributed by atoms with van der Waals surface area (Å²) in [6.45, 7) is 0.752. The Bertz CT molecular complexity index is 580. The Hall–Kier alpha value is -1.87. The zero-order valence-corrected chi connectivity index (χ0v) is 11.9. The molecule has 0 radical (unpaired) electrons. The first-order chi connectivity index (χ1) is 9.79. The minimum atomic E-state index is 0.535. The summed E-state index contributed by atoms with van der Waals surface area (Å²) in [5, 5.41) is 0. The Kier molecular flexibility index (Phi) is 3.70. The van der Waals surface area contributed by atoms with E-state index in [1.807, 2.05) is 24.4 Å². The molecule has 1 aliphatic carbocycles. The lowest BCUT2D eigenvalue weighted by atomic mass is 9.82. The van der Waals surface area contributed by atoms with Gasteiger partial charge in [0.25, 0.3) is 0 Å². The van der Waals surface area contributed by atoms with Crippen LogP contribution < -0.4 is 10.6 Å². The van der Waals surface area contributed by atoms with E-state index in [9.17, 15) is 0 Å². The van der Waals surface area contributed by atoms with Crippen molar-refractivity contribution < 1.29 is 0 Å². The highest BCUT2D eigenvalue weighted by Gasteiger charge is 2.19. The first kappa shape index (κ1) is 13.1. The number of anilines is 2. The van der Waals surface area contributed by atoms with Crippen LogP contribution in [0.1, 0.15) is 29.9 Å². The zero-order valence-electron chi connectivity index (χ0n) is 11.9. The van der Waals surface area contributed by atoms with E-state index in [-0.39, 0.29) is 0 Å². The molecule has 0 aliphatic heterocycles. The van der Waals surface area contributed by atoms with Crippen molar-refractivity contribution in [1.82, 2.24) is 4.98 Å². The van der Waals surface area contributed by atoms with Crippen LogP contribution in [-0.2, 0) is 6.42 Å². The molecule has 3 nitrogen and oxygen atoms in total. The van der Waals surface area contributed by atoms with E-state index >= 15 is 0 Å². The predicted octanol–water partition coefficient (Wildman–Crippen LogP) is 3.23. The minimum absolute atomic E-state index is 0.535. The van der Waals surface area contributed by atoms with Gasteiger partial charge in [0.2, 0.25) is 0 Å². The summed E-state index contributed by atoms with van der Waals surface area (Å²) in [5.74, 6) is 1.51. The van der Waals surface area contributed by atoms with E-state index in [0.29, 0.717) is 5.92 Å². The highest BCUT2D eigenvalue weighted by molar-refractivity contribution is 5.61. The number of nitrogens with zero attached hydrogens (tertiary/aromatic N) is 2. The van der Waals surface area contributed by atoms with Gasteiger partial charge in [0.15, 0.2) is 0 Å². The summed E-state index contributed by atoms with van der Waals surface area (Å²) in [5.41, 5.74) is 9.97. The fourth-order valence-electron chi connectivity index (χ4n) is 3.04. The molecule has 0 fully saturated rings. The topological polar surface area (TPSA) is 42.1 Å². The van der Waals surface area contributed by atoms with Crippen LogP contribution in [0.3, 0.4) is 0 Å². The second kappa shape index (κ2) is 5.63. The lowest BCUT2D eigenvalue weighted by Gasteiger charge is -2.27. The van der Waals surface area contributed by atoms with Gasteiger partial charge in [0, 0.05) is 18.9 Å². The van der Waals surface area contributed by atoms with Crippen molar-refractivity contribution in [3.63, 3.8) is 0 Å². The van der Waals surface area contributed by atoms with Gasteiger partial charge in [-0.15, -0.1) is 0 Å². The van der Waals surface area contributed by atoms with Crippen LogP contribution in [0.4, 0.5) is 11.5 Å². The standard InChI is InChI=1S/C17H21N3/c1-20(17-7-2-3-10-19-17)15-8-9-16-13(11-15)5-4-6-14(16)12-18/h2-3,7-11,14H,4-6,12,18H2,1H3/t14-/m0/s1. The van der Waals surface area contributed by atoms with Crippen LogP contribution in [0.25, 0.3) is 0 Å². The third-order valence-electron chi connectivity index (χ3n) is 4.23. The zero-order chi connectivity index (χ0) is 13.9. The molecule has 1 heterocycles. The molecule has 2 aromatic rings. The summed E-state index contributed by atoms with van der Waals surface area (Å²) in [6, 6.07) is 12.7. The van der Waals surface area contributed by atoms with Crippen LogP contribution >= 0.6 is 0 Å². The molecule has 0 saturated heterocycles. The monoisotopic (exact) mass is 267 g/mol. The van der Waals surface area contributed by atoms with Gasteiger partial charge >= 0.3 is 0 Å². The SMILES string of the molecule is CN(c1ccc2c(c1)CCC[C@H]2CN)c1ccccn1. The smallest absolute Gasteiger partial charge is 0.132 e. The lowest BCUT2D eigenvalue weighted by molar-refractivity contribution is 0.561. The van der Waals surface area contributed by atoms with E-state index in [1.54, 1.807) is 0 Å². The van der Waals surface area contributed by atoms with E-state index in [4.69, 9.17) is 5.73 Å². The maximum Gasteiger partial charge on any atom is 0.132 e. The van der Waals surface area contributed by atoms with Gasteiger partial charge in [-0.25, -0.2) is 4.98 Å². The molecule has 0 unspecified atom stereocenters. The highest BCUT2D eigenvalue weighted by atomic mass is 15.2. The van der Waals surface area contributed by atoms with Gasteiger partial charge in [-0.1, -0.05) is 12.1 Å². The molecule has 3 rings (SSSR count). The molecule has 1 atom stereocenters.